The molecule has 0 saturated heterocycles. The van der Waals surface area contributed by atoms with Crippen molar-refractivity contribution in [2.45, 2.75) is 0 Å². The number of rotatable bonds is 4. The highest BCUT2D eigenvalue weighted by Crippen LogP contribution is 2.42. The number of hydrogen-bond donors (Lipinski definition) is 0. The molecule has 0 N–H and O–H groups in total. The van der Waals surface area contributed by atoms with Crippen molar-refractivity contribution in [1.82, 2.24) is 9.55 Å². The summed E-state index contributed by atoms with van der Waals surface area (Å²) in [7, 11) is 0. The number of aromatic nitrogens is 2. The first-order valence-corrected chi connectivity index (χ1v) is 18.3. The van der Waals surface area contributed by atoms with Crippen LogP contribution in [0.25, 0.3) is 115 Å². The Morgan fingerprint density at radius 2 is 0.755 bits per heavy atom. The highest BCUT2D eigenvalue weighted by Gasteiger charge is 2.17. The molecule has 12 rings (SSSR count). The molecule has 2 heteroatoms. The lowest BCUT2D eigenvalue weighted by atomic mass is 9.90. The van der Waals surface area contributed by atoms with Gasteiger partial charge in [0.05, 0.1) is 11.0 Å². The maximum atomic E-state index is 5.20. The zero-order valence-corrected chi connectivity index (χ0v) is 28.7. The molecule has 12 aromatic rings. The van der Waals surface area contributed by atoms with Gasteiger partial charge in [0, 0.05) is 11.3 Å². The second-order valence-corrected chi connectivity index (χ2v) is 14.3. The van der Waals surface area contributed by atoms with Crippen LogP contribution in [0.15, 0.2) is 182 Å². The van der Waals surface area contributed by atoms with Crippen LogP contribution in [-0.4, -0.2) is 9.55 Å². The minimum absolute atomic E-state index is 0.934. The topological polar surface area (TPSA) is 17.8 Å². The lowest BCUT2D eigenvalue weighted by Crippen LogP contribution is -1.98. The normalized spacial score (nSPS) is 12.2. The average molecular weight is 671 g/mol. The molecule has 0 aliphatic rings. The number of hydrogen-bond acceptors (Lipinski definition) is 1. The molecule has 0 fully saturated rings. The Balaban J connectivity index is 0.963. The molecule has 0 spiro atoms. The van der Waals surface area contributed by atoms with Gasteiger partial charge in [0.25, 0.3) is 0 Å². The highest BCUT2D eigenvalue weighted by atomic mass is 15.1. The standard InChI is InChI=1S/C51H30N2/c1-2-10-46-45(9-1)52-51(39-17-11-31(12-18-39)41-27-21-37-15-13-33-5-3-7-35-23-29-43(41)49(37)47(33)35)53(46)40-25-19-32(20-26-40)42-28-22-38-16-14-34-6-4-8-36-24-30-44(42)50(38)48(34)36/h1-30H. The van der Waals surface area contributed by atoms with Crippen LogP contribution in [0.5, 0.6) is 0 Å². The molecule has 0 aliphatic heterocycles. The van der Waals surface area contributed by atoms with Crippen molar-refractivity contribution in [2.75, 3.05) is 0 Å². The van der Waals surface area contributed by atoms with Crippen molar-refractivity contribution in [1.29, 1.82) is 0 Å². The van der Waals surface area contributed by atoms with E-state index in [-0.39, 0.29) is 0 Å². The largest absolute Gasteiger partial charge is 0.292 e. The number of imidazole rings is 1. The quantitative estimate of drug-likeness (QED) is 0.170. The summed E-state index contributed by atoms with van der Waals surface area (Å²) in [5.74, 6) is 0.934. The van der Waals surface area contributed by atoms with Crippen LogP contribution in [0.1, 0.15) is 0 Å². The Labute approximate surface area is 305 Å². The molecule has 0 aliphatic carbocycles. The molecule has 1 aromatic heterocycles. The van der Waals surface area contributed by atoms with Gasteiger partial charge in [-0.2, -0.15) is 0 Å². The van der Waals surface area contributed by atoms with E-state index in [1.807, 2.05) is 0 Å². The maximum absolute atomic E-state index is 5.20. The van der Waals surface area contributed by atoms with Crippen LogP contribution in [0.2, 0.25) is 0 Å². The van der Waals surface area contributed by atoms with E-state index >= 15 is 0 Å². The van der Waals surface area contributed by atoms with Gasteiger partial charge in [-0.3, -0.25) is 4.57 Å². The van der Waals surface area contributed by atoms with Crippen molar-refractivity contribution < 1.29 is 0 Å². The molecule has 0 atom stereocenters. The zero-order valence-electron chi connectivity index (χ0n) is 28.7. The van der Waals surface area contributed by atoms with Gasteiger partial charge < -0.3 is 0 Å². The van der Waals surface area contributed by atoms with Gasteiger partial charge in [0.2, 0.25) is 0 Å². The maximum Gasteiger partial charge on any atom is 0.145 e. The van der Waals surface area contributed by atoms with E-state index in [1.54, 1.807) is 0 Å². The molecule has 0 bridgehead atoms. The summed E-state index contributed by atoms with van der Waals surface area (Å²) in [6.07, 6.45) is 0. The van der Waals surface area contributed by atoms with Crippen LogP contribution in [0.3, 0.4) is 0 Å². The fraction of sp³-hybridized carbons (Fsp3) is 0. The molecule has 53 heavy (non-hydrogen) atoms. The van der Waals surface area contributed by atoms with Crippen LogP contribution in [-0.2, 0) is 0 Å². The van der Waals surface area contributed by atoms with E-state index in [0.29, 0.717) is 0 Å². The Morgan fingerprint density at radius 3 is 1.30 bits per heavy atom. The summed E-state index contributed by atoms with van der Waals surface area (Å²) in [4.78, 5) is 5.20. The van der Waals surface area contributed by atoms with E-state index in [9.17, 15) is 0 Å². The first-order valence-electron chi connectivity index (χ1n) is 18.3. The van der Waals surface area contributed by atoms with Gasteiger partial charge >= 0.3 is 0 Å². The van der Waals surface area contributed by atoms with E-state index in [2.05, 4.69) is 187 Å². The molecule has 11 aromatic carbocycles. The Kier molecular flexibility index (Phi) is 5.80. The molecule has 0 unspecified atom stereocenters. The Bertz CT molecular complexity index is 3340. The van der Waals surface area contributed by atoms with Gasteiger partial charge in [0.1, 0.15) is 5.82 Å². The number of fused-ring (bicyclic) bond motifs is 1. The average Bonchev–Trinajstić information content (AvgIpc) is 3.62. The lowest BCUT2D eigenvalue weighted by molar-refractivity contribution is 1.10. The lowest BCUT2D eigenvalue weighted by Gasteiger charge is -2.15. The molecule has 0 radical (unpaired) electrons. The smallest absolute Gasteiger partial charge is 0.145 e. The van der Waals surface area contributed by atoms with Crippen molar-refractivity contribution in [3.05, 3.63) is 182 Å². The highest BCUT2D eigenvalue weighted by molar-refractivity contribution is 6.26. The second kappa shape index (κ2) is 10.7. The van der Waals surface area contributed by atoms with Gasteiger partial charge in [-0.1, -0.05) is 158 Å². The third-order valence-corrected chi connectivity index (χ3v) is 11.5. The molecule has 0 amide bonds. The summed E-state index contributed by atoms with van der Waals surface area (Å²) in [6, 6.07) is 66.7. The van der Waals surface area contributed by atoms with Crippen molar-refractivity contribution in [2.24, 2.45) is 0 Å². The second-order valence-electron chi connectivity index (χ2n) is 14.3. The van der Waals surface area contributed by atoms with Crippen molar-refractivity contribution in [3.8, 4) is 39.3 Å². The van der Waals surface area contributed by atoms with Gasteiger partial charge in [-0.15, -0.1) is 0 Å². The van der Waals surface area contributed by atoms with Crippen molar-refractivity contribution >= 4 is 75.7 Å². The van der Waals surface area contributed by atoms with E-state index in [4.69, 9.17) is 4.98 Å². The summed E-state index contributed by atoms with van der Waals surface area (Å²) in [6.45, 7) is 0. The van der Waals surface area contributed by atoms with Crippen molar-refractivity contribution in [3.63, 3.8) is 0 Å². The Morgan fingerprint density at radius 1 is 0.321 bits per heavy atom. The van der Waals surface area contributed by atoms with Crippen LogP contribution in [0, 0.1) is 0 Å². The van der Waals surface area contributed by atoms with E-state index in [0.717, 1.165) is 28.1 Å². The van der Waals surface area contributed by atoms with Gasteiger partial charge in [-0.25, -0.2) is 4.98 Å². The monoisotopic (exact) mass is 670 g/mol. The molecule has 0 saturated carbocycles. The third kappa shape index (κ3) is 4.12. The van der Waals surface area contributed by atoms with Crippen LogP contribution < -0.4 is 0 Å². The Hall–Kier alpha value is -7.03. The van der Waals surface area contributed by atoms with Crippen LogP contribution >= 0.6 is 0 Å². The summed E-state index contributed by atoms with van der Waals surface area (Å²) in [5.41, 5.74) is 9.15. The molecule has 244 valence electrons. The SMILES string of the molecule is c1cc2ccc3ccc(-c4ccc(-c5nc6ccccc6n5-c5ccc(-c6ccc7ccc8cccc9ccc6c7c89)cc5)cc4)c4ccc(c1)c2c34. The molecule has 1 heterocycles. The molecular weight excluding hydrogens is 641 g/mol. The minimum Gasteiger partial charge on any atom is -0.292 e. The number of para-hydroxylation sites is 2. The third-order valence-electron chi connectivity index (χ3n) is 11.5. The predicted molar refractivity (Wildman–Crippen MR) is 225 cm³/mol. The summed E-state index contributed by atoms with van der Waals surface area (Å²) in [5, 5.41) is 15.7. The fourth-order valence-electron chi connectivity index (χ4n) is 9.04. The first kappa shape index (κ1) is 28.6. The summed E-state index contributed by atoms with van der Waals surface area (Å²) < 4.78 is 2.30. The number of benzene rings is 11. The first-order chi connectivity index (χ1) is 26.3. The number of nitrogens with zero attached hydrogens (tertiary/aromatic N) is 2. The van der Waals surface area contributed by atoms with Gasteiger partial charge in [0.15, 0.2) is 0 Å². The molecular formula is C51H30N2. The van der Waals surface area contributed by atoms with Crippen LogP contribution in [0.4, 0.5) is 0 Å². The zero-order chi connectivity index (χ0) is 34.6. The molecule has 2 nitrogen and oxygen atoms in total. The minimum atomic E-state index is 0.934. The van der Waals surface area contributed by atoms with E-state index < -0.39 is 0 Å². The van der Waals surface area contributed by atoms with E-state index in [1.165, 1.54) is 86.9 Å². The predicted octanol–water partition coefficient (Wildman–Crippen LogP) is 13.8. The fourth-order valence-corrected chi connectivity index (χ4v) is 9.04. The van der Waals surface area contributed by atoms with Gasteiger partial charge in [-0.05, 0) is 111 Å². The summed E-state index contributed by atoms with van der Waals surface area (Å²) >= 11 is 0.